The maximum Gasteiger partial charge on any atom is 0.198 e. The van der Waals surface area contributed by atoms with Crippen LogP contribution >= 0.6 is 0 Å². The molecule has 5 N–H and O–H groups in total. The van der Waals surface area contributed by atoms with E-state index in [1.54, 1.807) is 25.1 Å². The molecule has 1 aromatic carbocycles. The van der Waals surface area contributed by atoms with Crippen LogP contribution in [0.2, 0.25) is 0 Å². The van der Waals surface area contributed by atoms with Gasteiger partial charge in [-0.3, -0.25) is 4.79 Å². The Labute approximate surface area is 121 Å². The van der Waals surface area contributed by atoms with Gasteiger partial charge in [-0.2, -0.15) is 0 Å². The van der Waals surface area contributed by atoms with Crippen LogP contribution in [0.15, 0.2) is 42.1 Å². The smallest absolute Gasteiger partial charge is 0.198 e. The molecule has 0 spiro atoms. The standard InChI is InChI=1S/C13H16N2O3.C2H6.H2/c1-7-4-5-10(8(2)16)6-11(7)18-9(3)12(17)13(14)15;1-2;/h4-6,17H,3,14-15H2,1-2H3;1-2H3;1H. The van der Waals surface area contributed by atoms with Gasteiger partial charge in [0.25, 0.3) is 0 Å². The molecule has 0 saturated heterocycles. The number of Topliss-reactive ketones (excluding diaryl/α,β-unsaturated/α-hetero) is 1. The van der Waals surface area contributed by atoms with Crippen molar-refractivity contribution in [3.05, 3.63) is 53.2 Å². The molecule has 0 heterocycles. The fourth-order valence-corrected chi connectivity index (χ4v) is 1.27. The minimum absolute atomic E-state index is 0. The van der Waals surface area contributed by atoms with E-state index in [9.17, 15) is 9.90 Å². The molecule has 0 saturated carbocycles. The summed E-state index contributed by atoms with van der Waals surface area (Å²) in [6.07, 6.45) is 0. The summed E-state index contributed by atoms with van der Waals surface area (Å²) in [6, 6.07) is 5.01. The summed E-state index contributed by atoms with van der Waals surface area (Å²) >= 11 is 0. The minimum atomic E-state index is -0.414. The zero-order valence-corrected chi connectivity index (χ0v) is 12.4. The third-order valence-corrected chi connectivity index (χ3v) is 2.37. The van der Waals surface area contributed by atoms with Gasteiger partial charge in [0.05, 0.1) is 0 Å². The first-order chi connectivity index (χ1) is 9.32. The molecule has 0 bridgehead atoms. The summed E-state index contributed by atoms with van der Waals surface area (Å²) in [7, 11) is 0. The Morgan fingerprint density at radius 1 is 1.35 bits per heavy atom. The van der Waals surface area contributed by atoms with E-state index in [4.69, 9.17) is 16.2 Å². The van der Waals surface area contributed by atoms with Gasteiger partial charge in [0.1, 0.15) is 11.6 Å². The highest BCUT2D eigenvalue weighted by molar-refractivity contribution is 5.94. The number of ketones is 1. The Balaban J connectivity index is 0. The average Bonchev–Trinajstić information content (AvgIpc) is 2.42. The zero-order chi connectivity index (χ0) is 15.9. The molecule has 20 heavy (non-hydrogen) atoms. The Hall–Kier alpha value is -2.43. The van der Waals surface area contributed by atoms with Gasteiger partial charge in [0, 0.05) is 6.99 Å². The molecule has 0 atom stereocenters. The van der Waals surface area contributed by atoms with Gasteiger partial charge in [-0.15, -0.1) is 0 Å². The van der Waals surface area contributed by atoms with Crippen molar-refractivity contribution in [1.82, 2.24) is 0 Å². The van der Waals surface area contributed by atoms with Gasteiger partial charge >= 0.3 is 0 Å². The monoisotopic (exact) mass is 280 g/mol. The molecule has 5 nitrogen and oxygen atoms in total. The van der Waals surface area contributed by atoms with Crippen LogP contribution in [0, 0.1) is 6.92 Å². The number of ether oxygens (including phenoxy) is 1. The van der Waals surface area contributed by atoms with E-state index in [0.717, 1.165) is 5.56 Å². The van der Waals surface area contributed by atoms with Gasteiger partial charge in [-0.05, 0) is 25.5 Å². The van der Waals surface area contributed by atoms with Gasteiger partial charge in [-0.1, -0.05) is 32.6 Å². The second-order valence-corrected chi connectivity index (χ2v) is 3.87. The predicted octanol–water partition coefficient (Wildman–Crippen LogP) is 3.01. The average molecular weight is 280 g/mol. The van der Waals surface area contributed by atoms with Crippen molar-refractivity contribution in [3.8, 4) is 5.75 Å². The SMILES string of the molecule is C=C(Oc1cc(C(C)=O)ccc1C)C(O)=C(N)N.CC.[HH]. The number of aryl methyl sites for hydroxylation is 1. The quantitative estimate of drug-likeness (QED) is 0.447. The number of rotatable bonds is 4. The third kappa shape index (κ3) is 4.68. The van der Waals surface area contributed by atoms with E-state index in [2.05, 4.69) is 6.58 Å². The molecule has 0 fully saturated rings. The van der Waals surface area contributed by atoms with Crippen molar-refractivity contribution in [2.45, 2.75) is 27.7 Å². The molecule has 0 aliphatic heterocycles. The zero-order valence-electron chi connectivity index (χ0n) is 12.4. The van der Waals surface area contributed by atoms with Crippen LogP contribution in [-0.4, -0.2) is 10.9 Å². The number of aliphatic hydroxyl groups is 1. The summed E-state index contributed by atoms with van der Waals surface area (Å²) in [5, 5.41) is 9.46. The molecule has 0 unspecified atom stereocenters. The van der Waals surface area contributed by atoms with Gasteiger partial charge < -0.3 is 21.3 Å². The number of benzene rings is 1. The normalized spacial score (nSPS) is 9.00. The van der Waals surface area contributed by atoms with Crippen LogP contribution in [0.4, 0.5) is 0 Å². The fourth-order valence-electron chi connectivity index (χ4n) is 1.27. The van der Waals surface area contributed by atoms with Crippen molar-refractivity contribution in [2.75, 3.05) is 0 Å². The molecule has 0 amide bonds. The summed E-state index contributed by atoms with van der Waals surface area (Å²) in [5.41, 5.74) is 11.7. The minimum Gasteiger partial charge on any atom is -0.502 e. The molecular weight excluding hydrogens is 256 g/mol. The molecule has 5 heteroatoms. The van der Waals surface area contributed by atoms with E-state index >= 15 is 0 Å². The van der Waals surface area contributed by atoms with Gasteiger partial charge in [0.2, 0.25) is 0 Å². The van der Waals surface area contributed by atoms with Gasteiger partial charge in [-0.25, -0.2) is 0 Å². The van der Waals surface area contributed by atoms with Crippen LogP contribution in [0.25, 0.3) is 0 Å². The number of nitrogens with two attached hydrogens (primary N) is 2. The highest BCUT2D eigenvalue weighted by atomic mass is 16.5. The second-order valence-electron chi connectivity index (χ2n) is 3.87. The van der Waals surface area contributed by atoms with Crippen molar-refractivity contribution in [2.24, 2.45) is 11.5 Å². The summed E-state index contributed by atoms with van der Waals surface area (Å²) < 4.78 is 5.34. The fraction of sp³-hybridized carbons (Fsp3) is 0.267. The number of carbonyl (C=O) groups is 1. The summed E-state index contributed by atoms with van der Waals surface area (Å²) in [4.78, 5) is 11.3. The van der Waals surface area contributed by atoms with Crippen LogP contribution < -0.4 is 16.2 Å². The Kier molecular flexibility index (Phi) is 6.93. The molecule has 0 aromatic heterocycles. The van der Waals surface area contributed by atoms with Crippen molar-refractivity contribution in [1.29, 1.82) is 0 Å². The van der Waals surface area contributed by atoms with E-state index in [0.29, 0.717) is 11.3 Å². The highest BCUT2D eigenvalue weighted by Crippen LogP contribution is 2.23. The first-order valence-corrected chi connectivity index (χ1v) is 6.25. The van der Waals surface area contributed by atoms with Crippen LogP contribution in [0.1, 0.15) is 38.1 Å². The lowest BCUT2D eigenvalue weighted by Gasteiger charge is -2.12. The molecule has 1 aromatic rings. The summed E-state index contributed by atoms with van der Waals surface area (Å²) in [5.74, 6) is -0.425. The van der Waals surface area contributed by atoms with Gasteiger partial charge in [0.15, 0.2) is 17.3 Å². The lowest BCUT2D eigenvalue weighted by molar-refractivity contribution is 0.101. The molecule has 0 aliphatic carbocycles. The Morgan fingerprint density at radius 2 is 1.90 bits per heavy atom. The maximum absolute atomic E-state index is 11.3. The highest BCUT2D eigenvalue weighted by Gasteiger charge is 2.10. The van der Waals surface area contributed by atoms with Crippen LogP contribution in [0.3, 0.4) is 0 Å². The van der Waals surface area contributed by atoms with Crippen molar-refractivity contribution < 1.29 is 16.1 Å². The maximum atomic E-state index is 11.3. The Bertz CT molecular complexity index is 536. The third-order valence-electron chi connectivity index (χ3n) is 2.37. The van der Waals surface area contributed by atoms with Crippen LogP contribution in [0.5, 0.6) is 5.75 Å². The van der Waals surface area contributed by atoms with E-state index < -0.39 is 5.76 Å². The number of carbonyl (C=O) groups excluding carboxylic acids is 1. The molecule has 112 valence electrons. The largest absolute Gasteiger partial charge is 0.502 e. The molecule has 0 aliphatic rings. The van der Waals surface area contributed by atoms with E-state index in [1.165, 1.54) is 6.92 Å². The van der Waals surface area contributed by atoms with Crippen molar-refractivity contribution in [3.63, 3.8) is 0 Å². The number of aliphatic hydroxyl groups excluding tert-OH is 1. The lowest BCUT2D eigenvalue weighted by atomic mass is 10.1. The van der Waals surface area contributed by atoms with E-state index in [-0.39, 0.29) is 18.8 Å². The first-order valence-electron chi connectivity index (χ1n) is 6.25. The molecule has 0 radical (unpaired) electrons. The number of hydrogen-bond donors (Lipinski definition) is 3. The van der Waals surface area contributed by atoms with Crippen LogP contribution in [-0.2, 0) is 0 Å². The topological polar surface area (TPSA) is 98.6 Å². The van der Waals surface area contributed by atoms with E-state index in [1.807, 2.05) is 13.8 Å². The molecular formula is C15H24N2O3. The second kappa shape index (κ2) is 7.89. The van der Waals surface area contributed by atoms with Crippen molar-refractivity contribution >= 4 is 5.78 Å². The predicted molar refractivity (Wildman–Crippen MR) is 82.4 cm³/mol. The Morgan fingerprint density at radius 3 is 2.35 bits per heavy atom. The summed E-state index contributed by atoms with van der Waals surface area (Å²) in [6.45, 7) is 10.8. The first kappa shape index (κ1) is 17.6. The lowest BCUT2D eigenvalue weighted by Crippen LogP contribution is -2.14. The molecule has 1 rings (SSSR count). The number of hydrogen-bond acceptors (Lipinski definition) is 5.